The number of nitrogens with one attached hydrogen (secondary N) is 1. The molecule has 1 N–H and O–H groups in total. The van der Waals surface area contributed by atoms with E-state index in [0.29, 0.717) is 12.2 Å². The number of carbonyl (C=O) groups excluding carboxylic acids is 3. The van der Waals surface area contributed by atoms with E-state index >= 15 is 0 Å². The van der Waals surface area contributed by atoms with E-state index in [-0.39, 0.29) is 5.92 Å². The van der Waals surface area contributed by atoms with Crippen molar-refractivity contribution in [3.8, 4) is 5.75 Å². The van der Waals surface area contributed by atoms with Gasteiger partial charge in [-0.05, 0) is 36.6 Å². The van der Waals surface area contributed by atoms with Crippen molar-refractivity contribution in [1.82, 2.24) is 5.32 Å². The van der Waals surface area contributed by atoms with Gasteiger partial charge in [0.15, 0.2) is 13.2 Å². The van der Waals surface area contributed by atoms with Crippen LogP contribution in [0.2, 0.25) is 0 Å². The first-order valence-electron chi connectivity index (χ1n) is 7.73. The summed E-state index contributed by atoms with van der Waals surface area (Å²) < 4.78 is 27.2. The maximum absolute atomic E-state index is 12.7. The Kier molecular flexibility index (Phi) is 8.38. The highest BCUT2D eigenvalue weighted by Gasteiger charge is 2.23. The summed E-state index contributed by atoms with van der Waals surface area (Å²) in [5, 5.41) is 2.46. The van der Waals surface area contributed by atoms with E-state index < -0.39 is 42.9 Å². The summed E-state index contributed by atoms with van der Waals surface area (Å²) in [4.78, 5) is 35.0. The predicted molar refractivity (Wildman–Crippen MR) is 86.3 cm³/mol. The molecule has 138 valence electrons. The zero-order chi connectivity index (χ0) is 18.8. The summed E-state index contributed by atoms with van der Waals surface area (Å²) in [5.41, 5.74) is 0. The second kappa shape index (κ2) is 10.3. The Labute approximate surface area is 145 Å². The van der Waals surface area contributed by atoms with E-state index in [1.807, 2.05) is 13.8 Å². The number of hydrogen-bond donors (Lipinski definition) is 1. The minimum atomic E-state index is -0.799. The molecule has 0 bridgehead atoms. The molecule has 0 heterocycles. The average Bonchev–Trinajstić information content (AvgIpc) is 2.57. The van der Waals surface area contributed by atoms with Crippen molar-refractivity contribution in [2.75, 3.05) is 20.3 Å². The molecule has 0 aliphatic rings. The lowest BCUT2D eigenvalue weighted by Crippen LogP contribution is -2.44. The minimum absolute atomic E-state index is 0.163. The third kappa shape index (κ3) is 8.14. The first kappa shape index (κ1) is 20.4. The van der Waals surface area contributed by atoms with Gasteiger partial charge in [0.05, 0.1) is 7.11 Å². The van der Waals surface area contributed by atoms with Crippen molar-refractivity contribution in [1.29, 1.82) is 0 Å². The smallest absolute Gasteiger partial charge is 0.344 e. The van der Waals surface area contributed by atoms with Crippen LogP contribution >= 0.6 is 0 Å². The van der Waals surface area contributed by atoms with Crippen LogP contribution < -0.4 is 10.1 Å². The van der Waals surface area contributed by atoms with E-state index in [1.165, 1.54) is 31.4 Å². The van der Waals surface area contributed by atoms with Gasteiger partial charge in [-0.2, -0.15) is 0 Å². The maximum Gasteiger partial charge on any atom is 0.344 e. The summed E-state index contributed by atoms with van der Waals surface area (Å²) in [6.45, 7) is 2.83. The molecule has 25 heavy (non-hydrogen) atoms. The summed E-state index contributed by atoms with van der Waals surface area (Å²) in [6.07, 6.45) is 0.403. The van der Waals surface area contributed by atoms with Crippen LogP contribution in [-0.2, 0) is 23.9 Å². The zero-order valence-corrected chi connectivity index (χ0v) is 14.4. The molecule has 0 aromatic heterocycles. The number of hydrogen-bond acceptors (Lipinski definition) is 6. The molecule has 1 atom stereocenters. The Hall–Kier alpha value is -2.64. The van der Waals surface area contributed by atoms with Crippen molar-refractivity contribution in [2.45, 2.75) is 26.3 Å². The van der Waals surface area contributed by atoms with Gasteiger partial charge < -0.3 is 19.5 Å². The first-order valence-corrected chi connectivity index (χ1v) is 7.73. The topological polar surface area (TPSA) is 90.9 Å². The second-order valence-corrected chi connectivity index (χ2v) is 5.68. The molecule has 0 spiro atoms. The van der Waals surface area contributed by atoms with Gasteiger partial charge in [0, 0.05) is 0 Å². The molecule has 8 heteroatoms. The summed E-state index contributed by atoms with van der Waals surface area (Å²) in [7, 11) is 1.23. The molecule has 0 aliphatic carbocycles. The molecule has 1 rings (SSSR count). The number of carbonyl (C=O) groups is 3. The largest absolute Gasteiger partial charge is 0.482 e. The summed E-state index contributed by atoms with van der Waals surface area (Å²) in [6, 6.07) is 4.31. The van der Waals surface area contributed by atoms with Crippen molar-refractivity contribution < 1.29 is 33.0 Å². The molecule has 1 amide bonds. The lowest BCUT2D eigenvalue weighted by atomic mass is 10.0. The van der Waals surface area contributed by atoms with E-state index in [0.717, 1.165) is 0 Å². The number of ether oxygens (including phenoxy) is 3. The Morgan fingerprint density at radius 1 is 1.12 bits per heavy atom. The van der Waals surface area contributed by atoms with Crippen LogP contribution in [0.3, 0.4) is 0 Å². The number of rotatable bonds is 9. The molecule has 0 saturated heterocycles. The molecule has 0 aliphatic heterocycles. The number of esters is 2. The zero-order valence-electron chi connectivity index (χ0n) is 14.4. The fourth-order valence-corrected chi connectivity index (χ4v) is 1.92. The third-order valence-electron chi connectivity index (χ3n) is 3.06. The van der Waals surface area contributed by atoms with Crippen molar-refractivity contribution in [2.24, 2.45) is 5.92 Å². The van der Waals surface area contributed by atoms with Gasteiger partial charge in [-0.15, -0.1) is 0 Å². The van der Waals surface area contributed by atoms with Crippen molar-refractivity contribution in [3.63, 3.8) is 0 Å². The molecule has 0 fully saturated rings. The van der Waals surface area contributed by atoms with Crippen LogP contribution in [0.5, 0.6) is 5.75 Å². The molecule has 0 radical (unpaired) electrons. The van der Waals surface area contributed by atoms with E-state index in [4.69, 9.17) is 9.47 Å². The van der Waals surface area contributed by atoms with Gasteiger partial charge in [-0.3, -0.25) is 4.79 Å². The van der Waals surface area contributed by atoms with Gasteiger partial charge in [0.2, 0.25) is 0 Å². The lowest BCUT2D eigenvalue weighted by Gasteiger charge is -2.18. The average molecular weight is 355 g/mol. The number of amides is 1. The van der Waals surface area contributed by atoms with Crippen LogP contribution in [0, 0.1) is 11.7 Å². The monoisotopic (exact) mass is 355 g/mol. The SMILES string of the molecule is COC(=O)[C@@H](CC(C)C)NC(=O)COC(=O)COc1ccc(F)cc1. The van der Waals surface area contributed by atoms with E-state index in [2.05, 4.69) is 10.1 Å². The quantitative estimate of drug-likeness (QED) is 0.674. The highest BCUT2D eigenvalue weighted by atomic mass is 19.1. The molecule has 0 unspecified atom stereocenters. The highest BCUT2D eigenvalue weighted by molar-refractivity contribution is 5.86. The standard InChI is InChI=1S/C17H22FNO6/c1-11(2)8-14(17(22)23-3)19-15(20)9-25-16(21)10-24-13-6-4-12(18)5-7-13/h4-7,11,14H,8-10H2,1-3H3,(H,19,20)/t14-/m1/s1. The number of halogens is 1. The van der Waals surface area contributed by atoms with Gasteiger partial charge in [-0.1, -0.05) is 13.8 Å². The Morgan fingerprint density at radius 2 is 1.76 bits per heavy atom. The van der Waals surface area contributed by atoms with E-state index in [1.54, 1.807) is 0 Å². The summed E-state index contributed by atoms with van der Waals surface area (Å²) in [5.74, 6) is -1.91. The predicted octanol–water partition coefficient (Wildman–Crippen LogP) is 1.45. The van der Waals surface area contributed by atoms with Crippen molar-refractivity contribution >= 4 is 17.8 Å². The molecule has 7 nitrogen and oxygen atoms in total. The lowest BCUT2D eigenvalue weighted by molar-refractivity contribution is -0.151. The number of methoxy groups -OCH3 is 1. The molecule has 0 saturated carbocycles. The molecule has 1 aromatic rings. The maximum atomic E-state index is 12.7. The van der Waals surface area contributed by atoms with Crippen LogP contribution in [0.4, 0.5) is 4.39 Å². The second-order valence-electron chi connectivity index (χ2n) is 5.68. The van der Waals surface area contributed by atoms with E-state index in [9.17, 15) is 18.8 Å². The van der Waals surface area contributed by atoms with Gasteiger partial charge in [-0.25, -0.2) is 14.0 Å². The highest BCUT2D eigenvalue weighted by Crippen LogP contribution is 2.11. The number of benzene rings is 1. The van der Waals surface area contributed by atoms with Crippen LogP contribution in [0.25, 0.3) is 0 Å². The molecular formula is C17H22FNO6. The fourth-order valence-electron chi connectivity index (χ4n) is 1.92. The Morgan fingerprint density at radius 3 is 2.32 bits per heavy atom. The Bertz CT molecular complexity index is 587. The molecular weight excluding hydrogens is 333 g/mol. The first-order chi connectivity index (χ1) is 11.8. The summed E-state index contributed by atoms with van der Waals surface area (Å²) >= 11 is 0. The third-order valence-corrected chi connectivity index (χ3v) is 3.06. The van der Waals surface area contributed by atoms with Crippen LogP contribution in [0.15, 0.2) is 24.3 Å². The van der Waals surface area contributed by atoms with Crippen LogP contribution in [0.1, 0.15) is 20.3 Å². The van der Waals surface area contributed by atoms with Gasteiger partial charge in [0.1, 0.15) is 17.6 Å². The van der Waals surface area contributed by atoms with Gasteiger partial charge >= 0.3 is 11.9 Å². The minimum Gasteiger partial charge on any atom is -0.482 e. The van der Waals surface area contributed by atoms with Crippen molar-refractivity contribution in [3.05, 3.63) is 30.1 Å². The Balaban J connectivity index is 2.37. The fraction of sp³-hybridized carbons (Fsp3) is 0.471. The molecule has 1 aromatic carbocycles. The normalized spacial score (nSPS) is 11.6. The van der Waals surface area contributed by atoms with Crippen LogP contribution in [-0.4, -0.2) is 44.2 Å². The van der Waals surface area contributed by atoms with Gasteiger partial charge in [0.25, 0.3) is 5.91 Å².